The minimum absolute atomic E-state index is 0.604. The second-order valence-electron chi connectivity index (χ2n) is 11.6. The molecule has 1 atom stereocenters. The molecule has 0 saturated heterocycles. The van der Waals surface area contributed by atoms with Gasteiger partial charge in [-0.1, -0.05) is 23.7 Å². The molecule has 6 nitrogen and oxygen atoms in total. The number of pyridine rings is 1. The zero-order chi connectivity index (χ0) is 29.8. The monoisotopic (exact) mass is 595 g/mol. The lowest BCUT2D eigenvalue weighted by Crippen LogP contribution is -2.28. The Hall–Kier alpha value is -3.91. The zero-order valence-electron chi connectivity index (χ0n) is 24.0. The summed E-state index contributed by atoms with van der Waals surface area (Å²) < 4.78 is 7.03. The van der Waals surface area contributed by atoms with Crippen molar-refractivity contribution < 1.29 is 14.6 Å². The van der Waals surface area contributed by atoms with Crippen LogP contribution in [0.3, 0.4) is 0 Å². The topological polar surface area (TPSA) is 84.7 Å². The molecule has 42 heavy (non-hydrogen) atoms. The Kier molecular flexibility index (Phi) is 7.21. The van der Waals surface area contributed by atoms with Crippen LogP contribution in [0.1, 0.15) is 54.7 Å². The van der Waals surface area contributed by atoms with Crippen molar-refractivity contribution in [3.63, 3.8) is 0 Å². The molecule has 0 fully saturated rings. The number of aryl methyl sites for hydroxylation is 2. The van der Waals surface area contributed by atoms with Gasteiger partial charge in [0, 0.05) is 39.7 Å². The third-order valence-electron chi connectivity index (χ3n) is 7.31. The molecule has 5 aromatic rings. The molecule has 0 unspecified atom stereocenters. The lowest BCUT2D eigenvalue weighted by Gasteiger charge is -2.28. The van der Waals surface area contributed by atoms with Crippen LogP contribution < -0.4 is 0 Å². The van der Waals surface area contributed by atoms with E-state index in [2.05, 4.69) is 35.1 Å². The van der Waals surface area contributed by atoms with E-state index in [1.807, 2.05) is 76.5 Å². The maximum absolute atomic E-state index is 12.6. The van der Waals surface area contributed by atoms with Gasteiger partial charge in [-0.15, -0.1) is 11.3 Å². The number of halogens is 1. The molecule has 0 aliphatic carbocycles. The molecule has 1 aliphatic heterocycles. The predicted molar refractivity (Wildman–Crippen MR) is 171 cm³/mol. The maximum Gasteiger partial charge on any atom is 0.337 e. The van der Waals surface area contributed by atoms with Crippen LogP contribution in [-0.4, -0.2) is 32.9 Å². The molecular formula is C34H30ClN3O3S. The van der Waals surface area contributed by atoms with Crippen molar-refractivity contribution in [3.05, 3.63) is 93.6 Å². The van der Waals surface area contributed by atoms with Gasteiger partial charge in [-0.05, 0) is 105 Å². The highest BCUT2D eigenvalue weighted by atomic mass is 35.5. The summed E-state index contributed by atoms with van der Waals surface area (Å²) in [6.45, 7) is 10.3. The van der Waals surface area contributed by atoms with Crippen LogP contribution in [0.5, 0.6) is 0 Å². The van der Waals surface area contributed by atoms with E-state index < -0.39 is 17.7 Å². The van der Waals surface area contributed by atoms with Crippen LogP contribution in [0, 0.1) is 13.8 Å². The third kappa shape index (κ3) is 5.36. The van der Waals surface area contributed by atoms with Crippen molar-refractivity contribution in [3.8, 4) is 33.0 Å². The number of aliphatic imine (C=N–C) groups is 1. The van der Waals surface area contributed by atoms with Crippen molar-refractivity contribution in [2.45, 2.75) is 52.9 Å². The van der Waals surface area contributed by atoms with Gasteiger partial charge in [-0.2, -0.15) is 0 Å². The van der Waals surface area contributed by atoms with E-state index in [0.29, 0.717) is 10.6 Å². The van der Waals surface area contributed by atoms with E-state index in [1.165, 1.54) is 22.5 Å². The summed E-state index contributed by atoms with van der Waals surface area (Å²) in [6.07, 6.45) is 2.57. The number of benzene rings is 3. The summed E-state index contributed by atoms with van der Waals surface area (Å²) >= 11 is 7.77. The SMILES string of the molecule is Cc1cc(-c2cc(-c3nc4cc(C)c([C@H](OC(C)(C)C)C(=O)O)c(-c5ccc(Cl)cc5)c4s3)ccn2)cc2c1CN=C2. The van der Waals surface area contributed by atoms with Gasteiger partial charge in [-0.25, -0.2) is 9.78 Å². The van der Waals surface area contributed by atoms with E-state index in [1.54, 1.807) is 0 Å². The number of thiazole rings is 1. The number of hydrogen-bond donors (Lipinski definition) is 1. The van der Waals surface area contributed by atoms with Gasteiger partial charge in [0.25, 0.3) is 0 Å². The number of nitrogens with zero attached hydrogens (tertiary/aromatic N) is 3. The molecule has 0 bridgehead atoms. The normalized spacial score (nSPS) is 13.5. The highest BCUT2D eigenvalue weighted by molar-refractivity contribution is 7.22. The number of aromatic nitrogens is 2. The summed E-state index contributed by atoms with van der Waals surface area (Å²) in [5, 5.41) is 11.8. The molecule has 6 rings (SSSR count). The van der Waals surface area contributed by atoms with E-state index in [-0.39, 0.29) is 0 Å². The number of aliphatic carboxylic acids is 1. The first-order valence-electron chi connectivity index (χ1n) is 13.7. The van der Waals surface area contributed by atoms with Gasteiger partial charge < -0.3 is 9.84 Å². The molecule has 212 valence electrons. The van der Waals surface area contributed by atoms with Crippen molar-refractivity contribution >= 4 is 45.3 Å². The number of rotatable bonds is 6. The first-order chi connectivity index (χ1) is 20.0. The first kappa shape index (κ1) is 28.2. The number of ether oxygens (including phenoxy) is 1. The maximum atomic E-state index is 12.6. The average molecular weight is 596 g/mol. The van der Waals surface area contributed by atoms with E-state index in [9.17, 15) is 9.90 Å². The van der Waals surface area contributed by atoms with Gasteiger partial charge in [0.2, 0.25) is 0 Å². The van der Waals surface area contributed by atoms with E-state index in [0.717, 1.165) is 60.8 Å². The minimum Gasteiger partial charge on any atom is -0.479 e. The second-order valence-corrected chi connectivity index (χ2v) is 13.0. The van der Waals surface area contributed by atoms with Crippen LogP contribution in [0.2, 0.25) is 5.02 Å². The number of fused-ring (bicyclic) bond motifs is 2. The quantitative estimate of drug-likeness (QED) is 0.212. The summed E-state index contributed by atoms with van der Waals surface area (Å²) in [4.78, 5) is 26.8. The van der Waals surface area contributed by atoms with Crippen molar-refractivity contribution in [1.29, 1.82) is 0 Å². The van der Waals surface area contributed by atoms with Gasteiger partial charge in [0.15, 0.2) is 6.10 Å². The molecule has 1 aliphatic rings. The number of carboxylic acids is 1. The van der Waals surface area contributed by atoms with Gasteiger partial charge in [0.1, 0.15) is 5.01 Å². The molecule has 0 amide bonds. The Morgan fingerprint density at radius 2 is 1.76 bits per heavy atom. The van der Waals surface area contributed by atoms with Crippen molar-refractivity contribution in [2.24, 2.45) is 4.99 Å². The zero-order valence-corrected chi connectivity index (χ0v) is 25.6. The molecule has 0 spiro atoms. The molecule has 3 heterocycles. The third-order valence-corrected chi connectivity index (χ3v) is 8.70. The lowest BCUT2D eigenvalue weighted by atomic mass is 9.91. The van der Waals surface area contributed by atoms with Crippen LogP contribution in [0.4, 0.5) is 0 Å². The molecule has 0 saturated carbocycles. The van der Waals surface area contributed by atoms with Crippen LogP contribution in [-0.2, 0) is 16.1 Å². The van der Waals surface area contributed by atoms with Crippen LogP contribution in [0.25, 0.3) is 43.2 Å². The smallest absolute Gasteiger partial charge is 0.337 e. The standard InChI is InChI=1S/C34H30ClN3O3S/c1-18-12-22(14-23-16-36-17-25(18)23)26-15-21(10-11-37-26)32-38-27-13-19(2)28(30(33(39)40)41-34(3,4)5)29(31(27)42-32)20-6-8-24(35)9-7-20/h6-16,30H,17H2,1-5H3,(H,39,40)/t30-/m0/s1. The Labute approximate surface area is 253 Å². The fourth-order valence-electron chi connectivity index (χ4n) is 5.44. The van der Waals surface area contributed by atoms with Crippen molar-refractivity contribution in [2.75, 3.05) is 0 Å². The van der Waals surface area contributed by atoms with Gasteiger partial charge in [-0.3, -0.25) is 9.98 Å². The highest BCUT2D eigenvalue weighted by Gasteiger charge is 2.32. The molecule has 8 heteroatoms. The Balaban J connectivity index is 1.53. The summed E-state index contributed by atoms with van der Waals surface area (Å²) in [5.74, 6) is -1.04. The highest BCUT2D eigenvalue weighted by Crippen LogP contribution is 2.44. The fraction of sp³-hybridized carbons (Fsp3) is 0.235. The summed E-state index contributed by atoms with van der Waals surface area (Å²) in [6, 6.07) is 17.7. The van der Waals surface area contributed by atoms with Crippen molar-refractivity contribution in [1.82, 2.24) is 9.97 Å². The number of carbonyl (C=O) groups is 1. The Bertz CT molecular complexity index is 1890. The Morgan fingerprint density at radius 1 is 1.00 bits per heavy atom. The predicted octanol–water partition coefficient (Wildman–Crippen LogP) is 8.84. The van der Waals surface area contributed by atoms with Gasteiger partial charge in [0.05, 0.1) is 28.1 Å². The van der Waals surface area contributed by atoms with Gasteiger partial charge >= 0.3 is 5.97 Å². The molecule has 0 radical (unpaired) electrons. The Morgan fingerprint density at radius 3 is 2.48 bits per heavy atom. The number of carboxylic acid groups (broad SMARTS) is 1. The molecular weight excluding hydrogens is 566 g/mol. The second kappa shape index (κ2) is 10.7. The van der Waals surface area contributed by atoms with E-state index in [4.69, 9.17) is 21.3 Å². The summed E-state index contributed by atoms with van der Waals surface area (Å²) in [5.41, 5.74) is 9.62. The minimum atomic E-state index is -1.16. The molecule has 2 aromatic heterocycles. The van der Waals surface area contributed by atoms with Crippen LogP contribution >= 0.6 is 22.9 Å². The largest absolute Gasteiger partial charge is 0.479 e. The molecule has 1 N–H and O–H groups in total. The molecule has 3 aromatic carbocycles. The fourth-order valence-corrected chi connectivity index (χ4v) is 6.69. The van der Waals surface area contributed by atoms with Crippen LogP contribution in [0.15, 0.2) is 65.8 Å². The number of hydrogen-bond acceptors (Lipinski definition) is 6. The lowest BCUT2D eigenvalue weighted by molar-refractivity contribution is -0.160. The first-order valence-corrected chi connectivity index (χ1v) is 14.9. The summed E-state index contributed by atoms with van der Waals surface area (Å²) in [7, 11) is 0. The average Bonchev–Trinajstić information content (AvgIpc) is 3.59. The van der Waals surface area contributed by atoms with E-state index >= 15 is 0 Å².